The molecule has 5 nitrogen and oxygen atoms in total. The molecule has 0 aromatic heterocycles. The van der Waals surface area contributed by atoms with Gasteiger partial charge in [-0.3, -0.25) is 4.79 Å². The normalized spacial score (nSPS) is 15.3. The molecule has 170 valence electrons. The average molecular weight is 436 g/mol. The summed E-state index contributed by atoms with van der Waals surface area (Å²) in [4.78, 5) is 12.4. The highest BCUT2D eigenvalue weighted by Crippen LogP contribution is 2.34. The Labute approximate surface area is 191 Å². The van der Waals surface area contributed by atoms with Crippen molar-refractivity contribution in [1.29, 1.82) is 0 Å². The molecule has 2 aromatic carbocycles. The number of amides is 1. The lowest BCUT2D eigenvalue weighted by molar-refractivity contribution is -0.126. The number of aliphatic hydroxyl groups excluding tert-OH is 1. The number of hydrogen-bond donors (Lipinski definition) is 2. The average Bonchev–Trinajstić information content (AvgIpc) is 3.34. The Morgan fingerprint density at radius 3 is 2.56 bits per heavy atom. The largest absolute Gasteiger partial charge is 0.493 e. The number of hydrogen-bond acceptors (Lipinski definition) is 4. The van der Waals surface area contributed by atoms with Gasteiger partial charge in [0.05, 0.1) is 31.7 Å². The Morgan fingerprint density at radius 2 is 1.91 bits per heavy atom. The van der Waals surface area contributed by atoms with Crippen molar-refractivity contribution >= 4 is 5.91 Å². The second-order valence-corrected chi connectivity index (χ2v) is 8.16. The first-order valence-corrected chi connectivity index (χ1v) is 11.4. The lowest BCUT2D eigenvalue weighted by Crippen LogP contribution is -2.35. The van der Waals surface area contributed by atoms with E-state index in [1.807, 2.05) is 55.5 Å². The van der Waals surface area contributed by atoms with Gasteiger partial charge in [0.1, 0.15) is 0 Å². The molecule has 0 heterocycles. The van der Waals surface area contributed by atoms with Gasteiger partial charge in [0.2, 0.25) is 5.91 Å². The molecule has 1 saturated carbocycles. The maximum atomic E-state index is 12.4. The minimum Gasteiger partial charge on any atom is -0.493 e. The fourth-order valence-electron chi connectivity index (χ4n) is 3.88. The number of ether oxygens (including phenoxy) is 2. The van der Waals surface area contributed by atoms with E-state index in [0.717, 1.165) is 29.7 Å². The van der Waals surface area contributed by atoms with Gasteiger partial charge in [-0.1, -0.05) is 43.0 Å². The maximum Gasteiger partial charge on any atom is 0.225 e. The van der Waals surface area contributed by atoms with Gasteiger partial charge < -0.3 is 19.9 Å². The molecule has 0 saturated heterocycles. The van der Waals surface area contributed by atoms with Gasteiger partial charge in [-0.2, -0.15) is 0 Å². The van der Waals surface area contributed by atoms with Crippen molar-refractivity contribution in [3.63, 3.8) is 0 Å². The van der Waals surface area contributed by atoms with Crippen molar-refractivity contribution in [2.45, 2.75) is 51.0 Å². The number of carbonyl (C=O) groups is 1. The standard InChI is InChI=1S/C27H33NO4/c1-3-21(19-29)27(30)28-18-23(14-13-20-9-5-4-6-10-20)22-15-16-25(31-2)26(17-22)32-24-11-7-8-12-24/h4-6,9-10,15-17,21,23-24,29H,3,7-8,11-12,18-19H2,1-2H3,(H,28,30). The fraction of sp³-hybridized carbons (Fsp3) is 0.444. The van der Waals surface area contributed by atoms with Crippen LogP contribution in [0.15, 0.2) is 48.5 Å². The van der Waals surface area contributed by atoms with E-state index in [1.54, 1.807) is 7.11 Å². The number of carbonyl (C=O) groups excluding carboxylic acids is 1. The minimum atomic E-state index is -0.408. The summed E-state index contributed by atoms with van der Waals surface area (Å²) < 4.78 is 11.8. The molecule has 32 heavy (non-hydrogen) atoms. The van der Waals surface area contributed by atoms with E-state index in [9.17, 15) is 9.90 Å². The molecule has 2 unspecified atom stereocenters. The zero-order chi connectivity index (χ0) is 22.8. The van der Waals surface area contributed by atoms with E-state index in [1.165, 1.54) is 12.8 Å². The fourth-order valence-corrected chi connectivity index (χ4v) is 3.88. The van der Waals surface area contributed by atoms with E-state index < -0.39 is 5.92 Å². The van der Waals surface area contributed by atoms with E-state index >= 15 is 0 Å². The van der Waals surface area contributed by atoms with Crippen LogP contribution in [0.25, 0.3) is 0 Å². The number of nitrogens with one attached hydrogen (secondary N) is 1. The third-order valence-corrected chi connectivity index (χ3v) is 5.91. The van der Waals surface area contributed by atoms with Gasteiger partial charge in [0, 0.05) is 12.1 Å². The molecule has 1 amide bonds. The molecular formula is C27H33NO4. The molecule has 2 N–H and O–H groups in total. The highest BCUT2D eigenvalue weighted by atomic mass is 16.5. The van der Waals surface area contributed by atoms with E-state index in [4.69, 9.17) is 9.47 Å². The van der Waals surface area contributed by atoms with Crippen LogP contribution in [-0.2, 0) is 4.79 Å². The molecule has 2 atom stereocenters. The zero-order valence-corrected chi connectivity index (χ0v) is 19.0. The Balaban J connectivity index is 1.85. The second-order valence-electron chi connectivity index (χ2n) is 8.16. The summed E-state index contributed by atoms with van der Waals surface area (Å²) in [5.74, 6) is 7.17. The van der Waals surface area contributed by atoms with Crippen molar-refractivity contribution in [3.8, 4) is 23.3 Å². The zero-order valence-electron chi connectivity index (χ0n) is 19.0. The van der Waals surface area contributed by atoms with E-state index in [0.29, 0.717) is 18.7 Å². The summed E-state index contributed by atoms with van der Waals surface area (Å²) in [5, 5.41) is 12.4. The van der Waals surface area contributed by atoms with Crippen molar-refractivity contribution in [2.24, 2.45) is 5.92 Å². The molecule has 1 fully saturated rings. The summed E-state index contributed by atoms with van der Waals surface area (Å²) >= 11 is 0. The van der Waals surface area contributed by atoms with Crippen molar-refractivity contribution < 1.29 is 19.4 Å². The van der Waals surface area contributed by atoms with Crippen molar-refractivity contribution in [3.05, 3.63) is 59.7 Å². The minimum absolute atomic E-state index is 0.155. The third-order valence-electron chi connectivity index (χ3n) is 5.91. The molecule has 0 spiro atoms. The smallest absolute Gasteiger partial charge is 0.225 e. The van der Waals surface area contributed by atoms with Gasteiger partial charge in [0.15, 0.2) is 11.5 Å². The van der Waals surface area contributed by atoms with Gasteiger partial charge >= 0.3 is 0 Å². The van der Waals surface area contributed by atoms with Crippen LogP contribution < -0.4 is 14.8 Å². The molecule has 0 aliphatic heterocycles. The highest BCUT2D eigenvalue weighted by Gasteiger charge is 2.21. The summed E-state index contributed by atoms with van der Waals surface area (Å²) in [6.07, 6.45) is 5.29. The van der Waals surface area contributed by atoms with Crippen LogP contribution in [0.3, 0.4) is 0 Å². The first-order valence-electron chi connectivity index (χ1n) is 11.4. The predicted octanol–water partition coefficient (Wildman–Crippen LogP) is 4.29. The quantitative estimate of drug-likeness (QED) is 0.577. The van der Waals surface area contributed by atoms with Gasteiger partial charge in [-0.25, -0.2) is 0 Å². The molecule has 5 heteroatoms. The van der Waals surface area contributed by atoms with E-state index in [-0.39, 0.29) is 24.5 Å². The molecule has 0 bridgehead atoms. The lowest BCUT2D eigenvalue weighted by Gasteiger charge is -2.20. The van der Waals surface area contributed by atoms with Crippen molar-refractivity contribution in [2.75, 3.05) is 20.3 Å². The number of aliphatic hydroxyl groups is 1. The third kappa shape index (κ3) is 6.51. The van der Waals surface area contributed by atoms with Crippen LogP contribution >= 0.6 is 0 Å². The summed E-state index contributed by atoms with van der Waals surface area (Å²) in [5.41, 5.74) is 1.88. The molecule has 3 rings (SSSR count). The molecule has 0 radical (unpaired) electrons. The number of benzene rings is 2. The topological polar surface area (TPSA) is 67.8 Å². The SMILES string of the molecule is CCC(CO)C(=O)NCC(C#Cc1ccccc1)c1ccc(OC)c(OC2CCCC2)c1. The van der Waals surface area contributed by atoms with Crippen LogP contribution in [0.1, 0.15) is 56.1 Å². The van der Waals surface area contributed by atoms with Crippen LogP contribution in [0, 0.1) is 17.8 Å². The second kappa shape index (κ2) is 12.2. The number of methoxy groups -OCH3 is 1. The van der Waals surface area contributed by atoms with Crippen LogP contribution in [0.4, 0.5) is 0 Å². The van der Waals surface area contributed by atoms with Gasteiger partial charge in [0.25, 0.3) is 0 Å². The lowest BCUT2D eigenvalue weighted by atomic mass is 9.97. The first kappa shape index (κ1) is 23.7. The molecular weight excluding hydrogens is 402 g/mol. The van der Waals surface area contributed by atoms with Crippen LogP contribution in [0.2, 0.25) is 0 Å². The number of rotatable bonds is 9. The summed E-state index contributed by atoms with van der Waals surface area (Å²) in [7, 11) is 1.64. The van der Waals surface area contributed by atoms with Crippen LogP contribution in [-0.4, -0.2) is 37.4 Å². The first-order chi connectivity index (χ1) is 15.6. The van der Waals surface area contributed by atoms with Crippen LogP contribution in [0.5, 0.6) is 11.5 Å². The van der Waals surface area contributed by atoms with Gasteiger partial charge in [-0.05, 0) is 61.9 Å². The Morgan fingerprint density at radius 1 is 1.16 bits per heavy atom. The van der Waals surface area contributed by atoms with Gasteiger partial charge in [-0.15, -0.1) is 0 Å². The Kier molecular flexibility index (Phi) is 9.01. The Bertz CT molecular complexity index is 922. The predicted molar refractivity (Wildman–Crippen MR) is 126 cm³/mol. The summed E-state index contributed by atoms with van der Waals surface area (Å²) in [6.45, 7) is 2.08. The van der Waals surface area contributed by atoms with E-state index in [2.05, 4.69) is 17.2 Å². The molecule has 2 aromatic rings. The molecule has 1 aliphatic rings. The monoisotopic (exact) mass is 435 g/mol. The maximum absolute atomic E-state index is 12.4. The summed E-state index contributed by atoms with van der Waals surface area (Å²) in [6, 6.07) is 15.6. The Hall–Kier alpha value is -2.97. The highest BCUT2D eigenvalue weighted by molar-refractivity contribution is 5.78. The molecule has 1 aliphatic carbocycles. The van der Waals surface area contributed by atoms with Crippen molar-refractivity contribution in [1.82, 2.24) is 5.32 Å².